The second kappa shape index (κ2) is 24.8. The smallest absolute Gasteiger partial charge is 0.227 e. The molecule has 0 unspecified atom stereocenters. The highest BCUT2D eigenvalue weighted by Crippen LogP contribution is 2.44. The number of aromatic nitrogens is 5. The molecule has 0 atom stereocenters. The summed E-state index contributed by atoms with van der Waals surface area (Å²) in [6.45, 7) is 23.6. The molecule has 4 heterocycles. The van der Waals surface area contributed by atoms with Gasteiger partial charge in [-0.3, -0.25) is 14.4 Å². The Morgan fingerprint density at radius 2 is 1.40 bits per heavy atom. The van der Waals surface area contributed by atoms with Crippen LogP contribution in [0.25, 0.3) is 44.9 Å². The van der Waals surface area contributed by atoms with E-state index in [4.69, 9.17) is 24.3 Å². The third-order valence-electron chi connectivity index (χ3n) is 13.9. The van der Waals surface area contributed by atoms with Crippen molar-refractivity contribution in [2.45, 2.75) is 111 Å². The molecule has 0 bridgehead atoms. The van der Waals surface area contributed by atoms with Crippen molar-refractivity contribution < 1.29 is 28.6 Å². The number of anilines is 2. The van der Waals surface area contributed by atoms with E-state index in [9.17, 15) is 14.4 Å². The first-order valence-corrected chi connectivity index (χ1v) is 26.9. The van der Waals surface area contributed by atoms with Gasteiger partial charge in [-0.15, -0.1) is 5.10 Å². The lowest BCUT2D eigenvalue weighted by molar-refractivity contribution is -0.125. The highest BCUT2D eigenvalue weighted by atomic mass is 16.5. The Kier molecular flexibility index (Phi) is 18.1. The first kappa shape index (κ1) is 54.6. The van der Waals surface area contributed by atoms with E-state index in [1.165, 1.54) is 5.69 Å². The number of likely N-dealkylation sites (N-methyl/N-ethyl adjacent to an activating group) is 1. The van der Waals surface area contributed by atoms with E-state index in [0.29, 0.717) is 89.9 Å². The van der Waals surface area contributed by atoms with E-state index in [1.807, 2.05) is 53.2 Å². The first-order valence-electron chi connectivity index (χ1n) is 26.9. The Balaban J connectivity index is 0.864. The molecule has 2 aromatic heterocycles. The monoisotopic (exact) mass is 1020 g/mol. The van der Waals surface area contributed by atoms with Gasteiger partial charge < -0.3 is 44.5 Å². The Bertz CT molecular complexity index is 2870. The summed E-state index contributed by atoms with van der Waals surface area (Å²) in [7, 11) is 2.18. The molecule has 1 fully saturated rings. The number of hydrogen-bond acceptors (Lipinski definition) is 11. The van der Waals surface area contributed by atoms with E-state index in [1.54, 1.807) is 4.90 Å². The fraction of sp³-hybridized carbons (Fsp3) is 0.492. The zero-order valence-corrected chi connectivity index (χ0v) is 45.5. The average Bonchev–Trinajstić information content (AvgIpc) is 4.02. The van der Waals surface area contributed by atoms with Gasteiger partial charge in [-0.25, -0.2) is 9.67 Å². The molecule has 1 saturated heterocycles. The maximum absolute atomic E-state index is 14.0. The molecule has 0 saturated carbocycles. The molecule has 3 N–H and O–H groups in total. The van der Waals surface area contributed by atoms with Gasteiger partial charge in [0.1, 0.15) is 17.3 Å². The zero-order valence-electron chi connectivity index (χ0n) is 45.5. The average molecular weight is 1020 g/mol. The standard InChI is InChI=1S/C59H78N10O6/c1-9-32-73-35-36-74-34-26-61-52(71)23-24-53(72)68-40-41-16-10-11-17-44(41)55-54(45-18-12-13-19-50(45)68)64-65-69(55)27-15-25-60-51(70)20-14-33-75-56-46(58(2,3)4)37-42(38-47(56)59(5,6)7)57-62-48-22-21-43(39-49(48)63-57)67-30-28-66(8)29-31-67/h10-13,16-19,21-22,37-39H,9,14-15,20,23-36,40H2,1-8H3,(H,60,70)(H,61,71)(H,62,63). The summed E-state index contributed by atoms with van der Waals surface area (Å²) in [6.07, 6.45) is 2.58. The fourth-order valence-electron chi connectivity index (χ4n) is 9.75. The van der Waals surface area contributed by atoms with Gasteiger partial charge in [0, 0.05) is 105 Å². The van der Waals surface area contributed by atoms with E-state index < -0.39 is 0 Å². The quantitative estimate of drug-likeness (QED) is 0.0554. The van der Waals surface area contributed by atoms with Crippen molar-refractivity contribution in [3.8, 4) is 39.7 Å². The summed E-state index contributed by atoms with van der Waals surface area (Å²) >= 11 is 0. The number of nitrogens with zero attached hydrogens (tertiary/aromatic N) is 7. The van der Waals surface area contributed by atoms with Crippen molar-refractivity contribution in [3.05, 3.63) is 95.6 Å². The predicted octanol–water partition coefficient (Wildman–Crippen LogP) is 9.05. The number of rotatable bonds is 22. The van der Waals surface area contributed by atoms with Crippen LogP contribution in [0.4, 0.5) is 11.4 Å². The predicted molar refractivity (Wildman–Crippen MR) is 297 cm³/mol. The lowest BCUT2D eigenvalue weighted by Gasteiger charge is -2.34. The van der Waals surface area contributed by atoms with Crippen molar-refractivity contribution >= 4 is 40.1 Å². The Morgan fingerprint density at radius 3 is 2.13 bits per heavy atom. The van der Waals surface area contributed by atoms with E-state index in [-0.39, 0.29) is 41.4 Å². The zero-order chi connectivity index (χ0) is 53.1. The largest absolute Gasteiger partial charge is 0.493 e. The molecule has 16 nitrogen and oxygen atoms in total. The Hall–Kier alpha value is -6.62. The number of para-hydroxylation sites is 1. The van der Waals surface area contributed by atoms with E-state index in [2.05, 4.69) is 116 Å². The van der Waals surface area contributed by atoms with Crippen molar-refractivity contribution in [2.75, 3.05) is 89.2 Å². The molecule has 6 aromatic rings. The summed E-state index contributed by atoms with van der Waals surface area (Å²) in [5.41, 5.74) is 10.8. The van der Waals surface area contributed by atoms with Crippen molar-refractivity contribution in [1.29, 1.82) is 0 Å². The van der Waals surface area contributed by atoms with Gasteiger partial charge in [-0.1, -0.05) is 96.1 Å². The number of nitrogens with one attached hydrogen (secondary N) is 3. The maximum atomic E-state index is 14.0. The van der Waals surface area contributed by atoms with Crippen LogP contribution in [0.5, 0.6) is 5.75 Å². The van der Waals surface area contributed by atoms with Gasteiger partial charge in [0.2, 0.25) is 17.7 Å². The van der Waals surface area contributed by atoms with Crippen LogP contribution in [0.1, 0.15) is 104 Å². The molecule has 16 heteroatoms. The second-order valence-electron chi connectivity index (χ2n) is 21.9. The van der Waals surface area contributed by atoms with Crippen LogP contribution in [0.3, 0.4) is 0 Å². The number of aryl methyl sites for hydroxylation is 1. The highest BCUT2D eigenvalue weighted by molar-refractivity contribution is 6.01. The van der Waals surface area contributed by atoms with E-state index in [0.717, 1.165) is 94.3 Å². The number of fused-ring (bicyclic) bond motifs is 6. The lowest BCUT2D eigenvalue weighted by Crippen LogP contribution is -2.44. The molecule has 8 rings (SSSR count). The lowest BCUT2D eigenvalue weighted by atomic mass is 9.78. The van der Waals surface area contributed by atoms with Gasteiger partial charge in [0.05, 0.1) is 55.4 Å². The number of carbonyl (C=O) groups is 3. The minimum absolute atomic E-state index is 0.0326. The Morgan fingerprint density at radius 1 is 0.720 bits per heavy atom. The number of H-pyrrole nitrogens is 1. The van der Waals surface area contributed by atoms with E-state index >= 15 is 0 Å². The van der Waals surface area contributed by atoms with Crippen molar-refractivity contribution in [2.24, 2.45) is 0 Å². The number of amides is 3. The summed E-state index contributed by atoms with van der Waals surface area (Å²) in [5.74, 6) is 1.31. The van der Waals surface area contributed by atoms with Crippen LogP contribution < -0.4 is 25.2 Å². The third kappa shape index (κ3) is 13.8. The topological polar surface area (TPSA) is 172 Å². The number of carbonyl (C=O) groups excluding carboxylic acids is 3. The molecule has 0 aliphatic carbocycles. The SMILES string of the molecule is CCCOCCOCCNC(=O)CCC(=O)N1Cc2ccccc2-c2c(nnn2CCCNC(=O)CCCOc2c(C(C)(C)C)cc(-c3nc4ccc(N5CCN(C)CC5)cc4[nH]3)cc2C(C)(C)C)-c2ccccc21. The number of imidazole rings is 1. The summed E-state index contributed by atoms with van der Waals surface area (Å²) in [4.78, 5) is 55.3. The van der Waals surface area contributed by atoms with Gasteiger partial charge in [-0.2, -0.15) is 0 Å². The number of benzene rings is 4. The molecule has 75 heavy (non-hydrogen) atoms. The van der Waals surface area contributed by atoms with Gasteiger partial charge in [-0.05, 0) is 79.1 Å². The van der Waals surface area contributed by atoms with Crippen LogP contribution in [-0.4, -0.2) is 127 Å². The molecule has 0 spiro atoms. The van der Waals surface area contributed by atoms with Crippen LogP contribution in [-0.2, 0) is 47.8 Å². The number of hydrogen-bond donors (Lipinski definition) is 3. The molecule has 4 aromatic carbocycles. The summed E-state index contributed by atoms with van der Waals surface area (Å²) in [5, 5.41) is 15.3. The van der Waals surface area contributed by atoms with Crippen LogP contribution >= 0.6 is 0 Å². The molecular formula is C59H78N10O6. The van der Waals surface area contributed by atoms with Crippen molar-refractivity contribution in [1.82, 2.24) is 40.5 Å². The molecule has 2 aliphatic heterocycles. The van der Waals surface area contributed by atoms with Crippen molar-refractivity contribution in [3.63, 3.8) is 0 Å². The molecule has 0 radical (unpaired) electrons. The van der Waals surface area contributed by atoms with Crippen LogP contribution in [0.2, 0.25) is 0 Å². The number of ether oxygens (including phenoxy) is 3. The van der Waals surface area contributed by atoms with Gasteiger partial charge >= 0.3 is 0 Å². The molecule has 3 amide bonds. The normalized spacial score (nSPS) is 14.0. The van der Waals surface area contributed by atoms with Crippen LogP contribution in [0.15, 0.2) is 78.9 Å². The number of piperazine rings is 1. The summed E-state index contributed by atoms with van der Waals surface area (Å²) < 4.78 is 19.6. The number of aromatic amines is 1. The minimum Gasteiger partial charge on any atom is -0.493 e. The molecule has 2 aliphatic rings. The molecular weight excluding hydrogens is 945 g/mol. The fourth-order valence-corrected chi connectivity index (χ4v) is 9.75. The highest BCUT2D eigenvalue weighted by Gasteiger charge is 2.31. The first-order chi connectivity index (χ1) is 36.1. The second-order valence-corrected chi connectivity index (χ2v) is 21.9. The molecule has 400 valence electrons. The minimum atomic E-state index is -0.225. The Labute approximate surface area is 442 Å². The van der Waals surface area contributed by atoms with Gasteiger partial charge in [0.15, 0.2) is 0 Å². The third-order valence-corrected chi connectivity index (χ3v) is 13.9. The van der Waals surface area contributed by atoms with Crippen LogP contribution in [0, 0.1) is 0 Å². The summed E-state index contributed by atoms with van der Waals surface area (Å²) in [6, 6.07) is 26.7. The van der Waals surface area contributed by atoms with Gasteiger partial charge in [0.25, 0.3) is 0 Å². The maximum Gasteiger partial charge on any atom is 0.227 e.